The fourth-order valence-electron chi connectivity index (χ4n) is 2.41. The molecule has 1 N–H and O–H groups in total. The van der Waals surface area contributed by atoms with E-state index >= 15 is 0 Å². The lowest BCUT2D eigenvalue weighted by molar-refractivity contribution is -0.120. The molecule has 1 aliphatic carbocycles. The summed E-state index contributed by atoms with van der Waals surface area (Å²) in [6, 6.07) is 7.68. The van der Waals surface area contributed by atoms with Gasteiger partial charge in [-0.15, -0.1) is 11.8 Å². The quantitative estimate of drug-likeness (QED) is 0.603. The molecule has 5 heteroatoms. The van der Waals surface area contributed by atoms with Gasteiger partial charge in [0.15, 0.2) is 0 Å². The number of nitrogens with zero attached hydrogens (tertiary/aromatic N) is 1. The van der Waals surface area contributed by atoms with Crippen molar-refractivity contribution in [1.29, 1.82) is 0 Å². The lowest BCUT2D eigenvalue weighted by Gasteiger charge is -2.10. The van der Waals surface area contributed by atoms with Crippen LogP contribution in [0.4, 0.5) is 0 Å². The summed E-state index contributed by atoms with van der Waals surface area (Å²) in [5.74, 6) is 0.745. The zero-order valence-electron chi connectivity index (χ0n) is 12.8. The van der Waals surface area contributed by atoms with Gasteiger partial charge >= 0.3 is 0 Å². The smallest absolute Gasteiger partial charge is 0.240 e. The van der Waals surface area contributed by atoms with E-state index in [9.17, 15) is 4.79 Å². The van der Waals surface area contributed by atoms with Gasteiger partial charge in [0, 0.05) is 27.8 Å². The minimum absolute atomic E-state index is 0.00368. The molecular formula is C17H23ClN2OS. The van der Waals surface area contributed by atoms with Crippen molar-refractivity contribution in [2.45, 2.75) is 56.3 Å². The predicted molar refractivity (Wildman–Crippen MR) is 94.7 cm³/mol. The Kier molecular flexibility index (Phi) is 7.81. The van der Waals surface area contributed by atoms with Gasteiger partial charge in [-0.3, -0.25) is 4.79 Å². The van der Waals surface area contributed by atoms with E-state index in [0.717, 1.165) is 34.2 Å². The zero-order chi connectivity index (χ0) is 15.6. The van der Waals surface area contributed by atoms with Crippen LogP contribution in [-0.2, 0) is 4.79 Å². The number of hydrogen-bond donors (Lipinski definition) is 1. The Morgan fingerprint density at radius 1 is 1.09 bits per heavy atom. The highest BCUT2D eigenvalue weighted by molar-refractivity contribution is 7.99. The summed E-state index contributed by atoms with van der Waals surface area (Å²) in [5, 5.41) is 5.05. The molecule has 3 nitrogen and oxygen atoms in total. The highest BCUT2D eigenvalue weighted by atomic mass is 35.5. The third-order valence-corrected chi connectivity index (χ3v) is 4.95. The molecule has 0 bridgehead atoms. The molecular weight excluding hydrogens is 316 g/mol. The van der Waals surface area contributed by atoms with Crippen LogP contribution in [-0.4, -0.2) is 17.4 Å². The van der Waals surface area contributed by atoms with Crippen molar-refractivity contribution >= 4 is 35.0 Å². The molecule has 0 unspecified atom stereocenters. The zero-order valence-corrected chi connectivity index (χ0v) is 14.4. The maximum absolute atomic E-state index is 11.8. The van der Waals surface area contributed by atoms with E-state index < -0.39 is 0 Å². The number of carbonyl (C=O) groups excluding carboxylic acids is 1. The number of rotatable bonds is 5. The largest absolute Gasteiger partial charge is 0.273 e. The fraction of sp³-hybridized carbons (Fsp3) is 0.529. The van der Waals surface area contributed by atoms with E-state index in [0.29, 0.717) is 6.42 Å². The molecule has 1 aromatic carbocycles. The molecule has 1 fully saturated rings. The maximum atomic E-state index is 11.8. The summed E-state index contributed by atoms with van der Waals surface area (Å²) in [7, 11) is 0. The average Bonchev–Trinajstić information content (AvgIpc) is 2.48. The Bertz CT molecular complexity index is 492. The van der Waals surface area contributed by atoms with E-state index in [1.54, 1.807) is 11.8 Å². The average molecular weight is 339 g/mol. The van der Waals surface area contributed by atoms with Gasteiger partial charge in [-0.05, 0) is 49.9 Å². The molecule has 0 radical (unpaired) electrons. The third-order valence-electron chi connectivity index (χ3n) is 3.68. The first-order valence-electron chi connectivity index (χ1n) is 7.97. The van der Waals surface area contributed by atoms with Gasteiger partial charge in [0.25, 0.3) is 0 Å². The van der Waals surface area contributed by atoms with Crippen molar-refractivity contribution in [2.75, 3.05) is 5.75 Å². The third kappa shape index (κ3) is 6.84. The first kappa shape index (κ1) is 17.4. The molecule has 2 rings (SSSR count). The minimum atomic E-state index is -0.00368. The van der Waals surface area contributed by atoms with Crippen LogP contribution in [0.3, 0.4) is 0 Å². The molecule has 120 valence electrons. The molecule has 1 saturated carbocycles. The number of nitrogens with one attached hydrogen (secondary N) is 1. The second-order valence-electron chi connectivity index (χ2n) is 5.53. The fourth-order valence-corrected chi connectivity index (χ4v) is 3.39. The van der Waals surface area contributed by atoms with Gasteiger partial charge in [-0.25, -0.2) is 5.43 Å². The topological polar surface area (TPSA) is 41.5 Å². The van der Waals surface area contributed by atoms with Crippen molar-refractivity contribution in [3.8, 4) is 0 Å². The van der Waals surface area contributed by atoms with Gasteiger partial charge in [-0.1, -0.05) is 30.9 Å². The van der Waals surface area contributed by atoms with Crippen molar-refractivity contribution in [2.24, 2.45) is 5.10 Å². The summed E-state index contributed by atoms with van der Waals surface area (Å²) in [6.07, 6.45) is 8.82. The molecule has 0 heterocycles. The van der Waals surface area contributed by atoms with Crippen LogP contribution < -0.4 is 5.43 Å². The van der Waals surface area contributed by atoms with E-state index in [1.165, 1.54) is 32.1 Å². The van der Waals surface area contributed by atoms with Crippen molar-refractivity contribution in [3.05, 3.63) is 29.3 Å². The Balaban J connectivity index is 1.67. The molecule has 0 spiro atoms. The van der Waals surface area contributed by atoms with E-state index in [4.69, 9.17) is 11.6 Å². The molecule has 0 aromatic heterocycles. The van der Waals surface area contributed by atoms with Crippen LogP contribution in [0, 0.1) is 0 Å². The number of thioether (sulfide) groups is 1. The van der Waals surface area contributed by atoms with Gasteiger partial charge in [0.1, 0.15) is 0 Å². The second kappa shape index (κ2) is 9.90. The Hall–Kier alpha value is -1.00. The number of carbonyl (C=O) groups is 1. The maximum Gasteiger partial charge on any atom is 0.240 e. The summed E-state index contributed by atoms with van der Waals surface area (Å²) < 4.78 is 0. The molecule has 0 atom stereocenters. The number of hydrogen-bond acceptors (Lipinski definition) is 3. The molecule has 0 saturated heterocycles. The van der Waals surface area contributed by atoms with E-state index in [2.05, 4.69) is 10.5 Å². The summed E-state index contributed by atoms with van der Waals surface area (Å²) >= 11 is 7.50. The summed E-state index contributed by atoms with van der Waals surface area (Å²) in [4.78, 5) is 13.0. The number of hydrazone groups is 1. The SMILES string of the molecule is O=C(CCSc1ccc(Cl)cc1)NN=C1CCCCCCC1. The summed E-state index contributed by atoms with van der Waals surface area (Å²) in [6.45, 7) is 0. The van der Waals surface area contributed by atoms with E-state index in [1.807, 2.05) is 24.3 Å². The molecule has 1 aromatic rings. The van der Waals surface area contributed by atoms with Crippen LogP contribution in [0.15, 0.2) is 34.3 Å². The van der Waals surface area contributed by atoms with E-state index in [-0.39, 0.29) is 5.91 Å². The number of benzene rings is 1. The van der Waals surface area contributed by atoms with Gasteiger partial charge in [-0.2, -0.15) is 5.10 Å². The molecule has 1 amide bonds. The van der Waals surface area contributed by atoms with Crippen molar-refractivity contribution < 1.29 is 4.79 Å². The first-order chi connectivity index (χ1) is 10.7. The van der Waals surface area contributed by atoms with Crippen LogP contribution in [0.25, 0.3) is 0 Å². The van der Waals surface area contributed by atoms with Crippen LogP contribution in [0.2, 0.25) is 5.02 Å². The Morgan fingerprint density at radius 2 is 1.73 bits per heavy atom. The Labute approximate surface area is 141 Å². The Morgan fingerprint density at radius 3 is 2.41 bits per heavy atom. The predicted octanol–water partition coefficient (Wildman–Crippen LogP) is 5.04. The standard InChI is InChI=1S/C17H23ClN2OS/c18-14-8-10-16(11-9-14)22-13-12-17(21)20-19-15-6-4-2-1-3-5-7-15/h8-11H,1-7,12-13H2,(H,20,21). The highest BCUT2D eigenvalue weighted by Gasteiger charge is 2.06. The normalized spacial score (nSPS) is 15.8. The van der Waals surface area contributed by atoms with Crippen LogP contribution >= 0.6 is 23.4 Å². The second-order valence-corrected chi connectivity index (χ2v) is 7.14. The number of amides is 1. The lowest BCUT2D eigenvalue weighted by atomic mass is 9.99. The van der Waals surface area contributed by atoms with Gasteiger partial charge < -0.3 is 0 Å². The molecule has 0 aliphatic heterocycles. The molecule has 1 aliphatic rings. The highest BCUT2D eigenvalue weighted by Crippen LogP contribution is 2.20. The van der Waals surface area contributed by atoms with Gasteiger partial charge in [0.2, 0.25) is 5.91 Å². The van der Waals surface area contributed by atoms with Crippen LogP contribution in [0.1, 0.15) is 51.4 Å². The van der Waals surface area contributed by atoms with Crippen molar-refractivity contribution in [1.82, 2.24) is 5.43 Å². The van der Waals surface area contributed by atoms with Crippen LogP contribution in [0.5, 0.6) is 0 Å². The van der Waals surface area contributed by atoms with Crippen molar-refractivity contribution in [3.63, 3.8) is 0 Å². The molecule has 22 heavy (non-hydrogen) atoms. The number of halogens is 1. The minimum Gasteiger partial charge on any atom is -0.273 e. The monoisotopic (exact) mass is 338 g/mol. The first-order valence-corrected chi connectivity index (χ1v) is 9.33. The van der Waals surface area contributed by atoms with Gasteiger partial charge in [0.05, 0.1) is 0 Å². The summed E-state index contributed by atoms with van der Waals surface area (Å²) in [5.41, 5.74) is 3.86. The lowest BCUT2D eigenvalue weighted by Crippen LogP contribution is -2.20.